The van der Waals surface area contributed by atoms with Crippen LogP contribution in [0.4, 0.5) is 51.2 Å². The van der Waals surface area contributed by atoms with Crippen molar-refractivity contribution in [3.8, 4) is 0 Å². The van der Waals surface area contributed by atoms with Crippen LogP contribution in [0.2, 0.25) is 0 Å². The fourth-order valence-electron chi connectivity index (χ4n) is 9.80. The van der Waals surface area contributed by atoms with E-state index >= 15 is 0 Å². The molecule has 0 saturated heterocycles. The van der Waals surface area contributed by atoms with Crippen LogP contribution in [0.1, 0.15) is 108 Å². The number of hydrogen-bond acceptors (Lipinski definition) is 3. The Kier molecular flexibility index (Phi) is 11.2. The third-order valence-corrected chi connectivity index (χ3v) is 13.4. The highest BCUT2D eigenvalue weighted by molar-refractivity contribution is 7.00. The second-order valence-corrected chi connectivity index (χ2v) is 20.4. The Labute approximate surface area is 378 Å². The molecule has 0 fully saturated rings. The molecule has 0 radical (unpaired) electrons. The van der Waals surface area contributed by atoms with Gasteiger partial charge in [0.15, 0.2) is 0 Å². The largest absolute Gasteiger partial charge is 0.311 e. The van der Waals surface area contributed by atoms with Gasteiger partial charge in [-0.05, 0) is 162 Å². The molecule has 9 rings (SSSR count). The van der Waals surface area contributed by atoms with E-state index in [2.05, 4.69) is 230 Å². The molecule has 2 aliphatic heterocycles. The highest BCUT2D eigenvalue weighted by Crippen LogP contribution is 2.47. The molecule has 7 aromatic rings. The van der Waals surface area contributed by atoms with E-state index in [1.54, 1.807) is 0 Å². The van der Waals surface area contributed by atoms with Crippen LogP contribution in [0.25, 0.3) is 0 Å². The molecule has 0 bridgehead atoms. The first kappa shape index (κ1) is 42.3. The van der Waals surface area contributed by atoms with Crippen LogP contribution >= 0.6 is 0 Å². The van der Waals surface area contributed by atoms with Crippen LogP contribution < -0.4 is 31.1 Å². The summed E-state index contributed by atoms with van der Waals surface area (Å²) in [4.78, 5) is 7.54. The topological polar surface area (TPSA) is 9.72 Å². The zero-order valence-electron chi connectivity index (χ0n) is 39.3. The summed E-state index contributed by atoms with van der Waals surface area (Å²) in [6, 6.07) is 56.1. The molecule has 0 unspecified atom stereocenters. The van der Waals surface area contributed by atoms with Gasteiger partial charge in [-0.1, -0.05) is 146 Å². The molecule has 2 heterocycles. The minimum absolute atomic E-state index is 0.0150. The van der Waals surface area contributed by atoms with Crippen LogP contribution in [-0.2, 0) is 17.3 Å². The molecule has 7 aromatic carbocycles. The lowest BCUT2D eigenvalue weighted by Gasteiger charge is -2.45. The van der Waals surface area contributed by atoms with Crippen molar-refractivity contribution in [2.45, 2.75) is 112 Å². The van der Waals surface area contributed by atoms with Crippen molar-refractivity contribution in [1.82, 2.24) is 0 Å². The lowest BCUT2D eigenvalue weighted by atomic mass is 9.33. The lowest BCUT2D eigenvalue weighted by Crippen LogP contribution is -2.61. The number of benzene rings is 7. The fourth-order valence-corrected chi connectivity index (χ4v) is 9.80. The average molecular weight is 826 g/mol. The van der Waals surface area contributed by atoms with Crippen LogP contribution in [0.5, 0.6) is 0 Å². The Balaban J connectivity index is 1.30. The summed E-state index contributed by atoms with van der Waals surface area (Å²) in [5, 5.41) is 0. The second-order valence-electron chi connectivity index (χ2n) is 20.4. The van der Waals surface area contributed by atoms with Gasteiger partial charge in [0.05, 0.1) is 0 Å². The van der Waals surface area contributed by atoms with Crippen molar-refractivity contribution < 1.29 is 0 Å². The summed E-state index contributed by atoms with van der Waals surface area (Å²) in [6.07, 6.45) is 6.17. The van der Waals surface area contributed by atoms with Crippen LogP contribution in [-0.4, -0.2) is 6.71 Å². The molecule has 4 heteroatoms. The van der Waals surface area contributed by atoms with E-state index in [1.807, 2.05) is 0 Å². The standard InChI is InChI=1S/C59H64BN3/c1-11-12-13-14-15-43-20-29-48(30-21-43)63-54-39-50(61(46-25-16-40(2)17-26-46)47-27-18-41(3)19-28-47)33-34-51(54)60-52-38-45(59(8,9)10)24-35-53(52)62(55-36-42(4)37-56(63)57(55)60)49-31-22-44(23-32-49)58(5,6)7/h16-39H,11-15H2,1-10H3. The summed E-state index contributed by atoms with van der Waals surface area (Å²) in [7, 11) is 0. The molecule has 0 spiro atoms. The van der Waals surface area contributed by atoms with Gasteiger partial charge in [-0.2, -0.15) is 0 Å². The molecule has 2 aliphatic rings. The molecule has 3 nitrogen and oxygen atoms in total. The molecule has 0 atom stereocenters. The Bertz CT molecular complexity index is 2710. The summed E-state index contributed by atoms with van der Waals surface area (Å²) < 4.78 is 0. The Hall–Kier alpha value is -6.00. The third kappa shape index (κ3) is 8.10. The smallest absolute Gasteiger partial charge is 0.252 e. The van der Waals surface area contributed by atoms with Crippen molar-refractivity contribution >= 4 is 74.3 Å². The lowest BCUT2D eigenvalue weighted by molar-refractivity contribution is 0.590. The van der Waals surface area contributed by atoms with Gasteiger partial charge in [0, 0.05) is 51.2 Å². The van der Waals surface area contributed by atoms with E-state index in [-0.39, 0.29) is 17.5 Å². The summed E-state index contributed by atoms with van der Waals surface area (Å²) >= 11 is 0. The monoisotopic (exact) mass is 826 g/mol. The van der Waals surface area contributed by atoms with Crippen molar-refractivity contribution in [3.05, 3.63) is 179 Å². The van der Waals surface area contributed by atoms with Gasteiger partial charge >= 0.3 is 0 Å². The van der Waals surface area contributed by atoms with E-state index in [0.717, 1.165) is 23.5 Å². The van der Waals surface area contributed by atoms with Gasteiger partial charge in [-0.3, -0.25) is 0 Å². The summed E-state index contributed by atoms with van der Waals surface area (Å²) in [5.74, 6) is 0. The number of rotatable bonds is 10. The maximum Gasteiger partial charge on any atom is 0.252 e. The highest BCUT2D eigenvalue weighted by atomic mass is 15.2. The fraction of sp³-hybridized carbons (Fsp3) is 0.288. The van der Waals surface area contributed by atoms with Gasteiger partial charge < -0.3 is 14.7 Å². The Morgan fingerprint density at radius 3 is 1.52 bits per heavy atom. The first-order valence-electron chi connectivity index (χ1n) is 23.4. The number of aryl methyl sites for hydroxylation is 4. The van der Waals surface area contributed by atoms with Gasteiger partial charge in [0.25, 0.3) is 6.71 Å². The van der Waals surface area contributed by atoms with Gasteiger partial charge in [0.2, 0.25) is 0 Å². The maximum absolute atomic E-state index is 2.57. The van der Waals surface area contributed by atoms with Crippen LogP contribution in [0, 0.1) is 20.8 Å². The van der Waals surface area contributed by atoms with Crippen molar-refractivity contribution in [3.63, 3.8) is 0 Å². The van der Waals surface area contributed by atoms with Gasteiger partial charge in [-0.15, -0.1) is 0 Å². The number of anilines is 9. The Morgan fingerprint density at radius 2 is 0.968 bits per heavy atom. The first-order valence-corrected chi connectivity index (χ1v) is 23.4. The normalized spacial score (nSPS) is 13.1. The molecular formula is C59H64BN3. The highest BCUT2D eigenvalue weighted by Gasteiger charge is 2.44. The van der Waals surface area contributed by atoms with E-state index in [4.69, 9.17) is 0 Å². The second kappa shape index (κ2) is 16.6. The Morgan fingerprint density at radius 1 is 0.444 bits per heavy atom. The molecule has 318 valence electrons. The molecular weight excluding hydrogens is 761 g/mol. The van der Waals surface area contributed by atoms with Crippen molar-refractivity contribution in [1.29, 1.82) is 0 Å². The number of fused-ring (bicyclic) bond motifs is 4. The van der Waals surface area contributed by atoms with Gasteiger partial charge in [-0.25, -0.2) is 0 Å². The van der Waals surface area contributed by atoms with Crippen molar-refractivity contribution in [2.75, 3.05) is 14.7 Å². The molecule has 0 aliphatic carbocycles. The predicted molar refractivity (Wildman–Crippen MR) is 275 cm³/mol. The quantitative estimate of drug-likeness (QED) is 0.100. The minimum atomic E-state index is -0.0150. The van der Waals surface area contributed by atoms with E-state index in [9.17, 15) is 0 Å². The maximum atomic E-state index is 2.57. The number of unbranched alkanes of at least 4 members (excludes halogenated alkanes) is 3. The van der Waals surface area contributed by atoms with Crippen LogP contribution in [0.3, 0.4) is 0 Å². The molecule has 0 amide bonds. The van der Waals surface area contributed by atoms with E-state index in [1.165, 1.54) is 110 Å². The number of hydrogen-bond donors (Lipinski definition) is 0. The first-order chi connectivity index (χ1) is 30.2. The molecule has 63 heavy (non-hydrogen) atoms. The van der Waals surface area contributed by atoms with Crippen LogP contribution in [0.15, 0.2) is 146 Å². The summed E-state index contributed by atoms with van der Waals surface area (Å²) in [5.41, 5.74) is 22.7. The zero-order chi connectivity index (χ0) is 44.2. The SMILES string of the molecule is CCCCCCc1ccc(N2c3cc(N(c4ccc(C)cc4)c4ccc(C)cc4)ccc3B3c4cc(C(C)(C)C)ccc4N(c4ccc(C(C)(C)C)cc4)c4cc(C)cc2c43)cc1. The van der Waals surface area contributed by atoms with Crippen molar-refractivity contribution in [2.24, 2.45) is 0 Å². The molecule has 0 aromatic heterocycles. The summed E-state index contributed by atoms with van der Waals surface area (Å²) in [6.45, 7) is 22.8. The average Bonchev–Trinajstić information content (AvgIpc) is 3.26. The predicted octanol–water partition coefficient (Wildman–Crippen LogP) is 14.9. The molecule has 0 saturated carbocycles. The van der Waals surface area contributed by atoms with Gasteiger partial charge in [0.1, 0.15) is 0 Å². The van der Waals surface area contributed by atoms with E-state index in [0.29, 0.717) is 0 Å². The minimum Gasteiger partial charge on any atom is -0.311 e. The van der Waals surface area contributed by atoms with E-state index < -0.39 is 0 Å². The number of nitrogens with zero attached hydrogens (tertiary/aromatic N) is 3. The third-order valence-electron chi connectivity index (χ3n) is 13.4. The zero-order valence-corrected chi connectivity index (χ0v) is 39.3. The molecule has 0 N–H and O–H groups in total.